The molecule has 172 valence electrons. The van der Waals surface area contributed by atoms with Crippen LogP contribution >= 0.6 is 0 Å². The molecule has 1 atom stereocenters. The van der Waals surface area contributed by atoms with Gasteiger partial charge in [-0.05, 0) is 35.9 Å². The van der Waals surface area contributed by atoms with Gasteiger partial charge in [-0.25, -0.2) is 18.2 Å². The van der Waals surface area contributed by atoms with Gasteiger partial charge in [0.1, 0.15) is 0 Å². The first-order valence-electron chi connectivity index (χ1n) is 10.7. The van der Waals surface area contributed by atoms with E-state index in [0.717, 1.165) is 22.2 Å². The van der Waals surface area contributed by atoms with E-state index in [1.165, 1.54) is 18.2 Å². The molecule has 1 aliphatic rings. The van der Waals surface area contributed by atoms with Crippen molar-refractivity contribution in [3.63, 3.8) is 0 Å². The SMILES string of the molecule is O=C(NCc1cc2nc(-c3ccccc3)ccc2cn1)c1ccc2c(c1)[C@@](F)(C(F)F)COC2. The van der Waals surface area contributed by atoms with Gasteiger partial charge in [-0.3, -0.25) is 9.78 Å². The van der Waals surface area contributed by atoms with Gasteiger partial charge in [0.15, 0.2) is 0 Å². The van der Waals surface area contributed by atoms with Gasteiger partial charge < -0.3 is 10.1 Å². The molecular formula is C26H20F3N3O2. The normalized spacial score (nSPS) is 17.5. The summed E-state index contributed by atoms with van der Waals surface area (Å²) in [6.45, 7) is -0.627. The van der Waals surface area contributed by atoms with Crippen molar-refractivity contribution >= 4 is 16.8 Å². The van der Waals surface area contributed by atoms with Crippen LogP contribution in [0.15, 0.2) is 72.9 Å². The second kappa shape index (κ2) is 8.87. The molecule has 1 amide bonds. The fraction of sp³-hybridized carbons (Fsp3) is 0.192. The van der Waals surface area contributed by atoms with E-state index in [4.69, 9.17) is 9.72 Å². The lowest BCUT2D eigenvalue weighted by Crippen LogP contribution is -2.39. The molecule has 5 rings (SSSR count). The Morgan fingerprint density at radius 2 is 1.91 bits per heavy atom. The second-order valence-corrected chi connectivity index (χ2v) is 8.14. The van der Waals surface area contributed by atoms with E-state index < -0.39 is 24.6 Å². The smallest absolute Gasteiger partial charge is 0.278 e. The number of alkyl halides is 3. The largest absolute Gasteiger partial charge is 0.373 e. The van der Waals surface area contributed by atoms with Gasteiger partial charge in [0.25, 0.3) is 12.3 Å². The zero-order chi connectivity index (χ0) is 23.7. The van der Waals surface area contributed by atoms with Crippen molar-refractivity contribution in [2.45, 2.75) is 25.2 Å². The van der Waals surface area contributed by atoms with Crippen molar-refractivity contribution in [3.8, 4) is 11.3 Å². The summed E-state index contributed by atoms with van der Waals surface area (Å²) in [7, 11) is 0. The minimum absolute atomic E-state index is 0.0224. The monoisotopic (exact) mass is 463 g/mol. The van der Waals surface area contributed by atoms with E-state index in [2.05, 4.69) is 10.3 Å². The van der Waals surface area contributed by atoms with Crippen molar-refractivity contribution in [3.05, 3.63) is 95.3 Å². The van der Waals surface area contributed by atoms with Gasteiger partial charge in [0, 0.05) is 28.3 Å². The summed E-state index contributed by atoms with van der Waals surface area (Å²) in [5.41, 5.74) is 0.374. The highest BCUT2D eigenvalue weighted by atomic mass is 19.3. The fourth-order valence-corrected chi connectivity index (χ4v) is 4.00. The summed E-state index contributed by atoms with van der Waals surface area (Å²) in [5.74, 6) is -0.515. The Balaban J connectivity index is 1.35. The number of halogens is 3. The Morgan fingerprint density at radius 1 is 1.09 bits per heavy atom. The first-order chi connectivity index (χ1) is 16.4. The van der Waals surface area contributed by atoms with Gasteiger partial charge >= 0.3 is 0 Å². The number of nitrogens with one attached hydrogen (secondary N) is 1. The van der Waals surface area contributed by atoms with Crippen LogP contribution in [0.1, 0.15) is 27.2 Å². The number of ether oxygens (including phenoxy) is 1. The van der Waals surface area contributed by atoms with Crippen LogP contribution in [0.25, 0.3) is 22.2 Å². The number of hydrogen-bond donors (Lipinski definition) is 1. The number of fused-ring (bicyclic) bond motifs is 2. The predicted octanol–water partition coefficient (Wildman–Crippen LogP) is 5.19. The lowest BCUT2D eigenvalue weighted by atomic mass is 9.89. The van der Waals surface area contributed by atoms with Crippen molar-refractivity contribution in [2.24, 2.45) is 0 Å². The molecule has 8 heteroatoms. The zero-order valence-electron chi connectivity index (χ0n) is 18.0. The average Bonchev–Trinajstić information content (AvgIpc) is 2.87. The number of amides is 1. The topological polar surface area (TPSA) is 64.1 Å². The van der Waals surface area contributed by atoms with Crippen molar-refractivity contribution in [1.82, 2.24) is 15.3 Å². The third-order valence-electron chi connectivity index (χ3n) is 5.87. The molecular weight excluding hydrogens is 443 g/mol. The van der Waals surface area contributed by atoms with Crippen LogP contribution in [-0.4, -0.2) is 28.9 Å². The second-order valence-electron chi connectivity index (χ2n) is 8.14. The first kappa shape index (κ1) is 22.0. The van der Waals surface area contributed by atoms with E-state index in [-0.39, 0.29) is 24.3 Å². The minimum Gasteiger partial charge on any atom is -0.373 e. The van der Waals surface area contributed by atoms with Gasteiger partial charge in [0.2, 0.25) is 5.67 Å². The fourth-order valence-electron chi connectivity index (χ4n) is 4.00. The van der Waals surface area contributed by atoms with E-state index in [9.17, 15) is 18.0 Å². The highest BCUT2D eigenvalue weighted by molar-refractivity contribution is 5.94. The van der Waals surface area contributed by atoms with Gasteiger partial charge in [-0.15, -0.1) is 0 Å². The lowest BCUT2D eigenvalue weighted by molar-refractivity contribution is -0.107. The number of benzene rings is 2. The Labute approximate surface area is 193 Å². The number of aromatic nitrogens is 2. The zero-order valence-corrected chi connectivity index (χ0v) is 18.0. The van der Waals surface area contributed by atoms with Crippen molar-refractivity contribution in [1.29, 1.82) is 0 Å². The van der Waals surface area contributed by atoms with Crippen LogP contribution in [0, 0.1) is 0 Å². The van der Waals surface area contributed by atoms with E-state index in [0.29, 0.717) is 11.3 Å². The Morgan fingerprint density at radius 3 is 2.71 bits per heavy atom. The summed E-state index contributed by atoms with van der Waals surface area (Å²) in [6.07, 6.45) is -1.59. The summed E-state index contributed by atoms with van der Waals surface area (Å²) < 4.78 is 46.6. The van der Waals surface area contributed by atoms with Gasteiger partial charge in [-0.2, -0.15) is 0 Å². The van der Waals surface area contributed by atoms with E-state index in [1.807, 2.05) is 42.5 Å². The molecule has 0 aliphatic carbocycles. The highest BCUT2D eigenvalue weighted by Crippen LogP contribution is 2.39. The van der Waals surface area contributed by atoms with Crippen LogP contribution in [0.2, 0.25) is 0 Å². The number of nitrogens with zero attached hydrogens (tertiary/aromatic N) is 2. The molecule has 4 aromatic rings. The first-order valence-corrected chi connectivity index (χ1v) is 10.7. The predicted molar refractivity (Wildman–Crippen MR) is 121 cm³/mol. The number of carbonyl (C=O) groups is 1. The molecule has 0 radical (unpaired) electrons. The Bertz CT molecular complexity index is 1360. The molecule has 3 heterocycles. The maximum atomic E-state index is 14.9. The molecule has 2 aromatic heterocycles. The molecule has 1 aliphatic heterocycles. The standard InChI is InChI=1S/C26H20F3N3O2/c27-25(28)26(29)15-34-14-19-7-6-17(10-21(19)26)24(33)31-13-20-11-23-18(12-30-20)8-9-22(32-23)16-4-2-1-3-5-16/h1-12,25H,13-15H2,(H,31,33)/t26-/m1/s1. The van der Waals surface area contributed by atoms with E-state index >= 15 is 0 Å². The van der Waals surface area contributed by atoms with Crippen LogP contribution in [0.3, 0.4) is 0 Å². The summed E-state index contributed by atoms with van der Waals surface area (Å²) in [6, 6.07) is 19.5. The maximum absolute atomic E-state index is 14.9. The molecule has 5 nitrogen and oxygen atoms in total. The van der Waals surface area contributed by atoms with Crippen LogP contribution in [-0.2, 0) is 23.6 Å². The van der Waals surface area contributed by atoms with Gasteiger partial charge in [0.05, 0.1) is 36.7 Å². The minimum atomic E-state index is -3.26. The molecule has 0 spiro atoms. The quantitative estimate of drug-likeness (QED) is 0.443. The molecule has 0 saturated heterocycles. The van der Waals surface area contributed by atoms with Crippen molar-refractivity contribution < 1.29 is 22.7 Å². The third kappa shape index (κ3) is 4.12. The Hall–Kier alpha value is -3.78. The number of rotatable bonds is 5. The van der Waals surface area contributed by atoms with Crippen LogP contribution in [0.5, 0.6) is 0 Å². The van der Waals surface area contributed by atoms with E-state index in [1.54, 1.807) is 12.3 Å². The molecule has 0 fully saturated rings. The number of carbonyl (C=O) groups excluding carboxylic acids is 1. The van der Waals surface area contributed by atoms with Crippen LogP contribution < -0.4 is 5.32 Å². The lowest BCUT2D eigenvalue weighted by Gasteiger charge is -2.31. The summed E-state index contributed by atoms with van der Waals surface area (Å²) in [4.78, 5) is 21.7. The summed E-state index contributed by atoms with van der Waals surface area (Å²) in [5, 5.41) is 3.58. The highest BCUT2D eigenvalue weighted by Gasteiger charge is 2.46. The van der Waals surface area contributed by atoms with Gasteiger partial charge in [-0.1, -0.05) is 36.4 Å². The summed E-state index contributed by atoms with van der Waals surface area (Å²) >= 11 is 0. The number of pyridine rings is 2. The average molecular weight is 463 g/mol. The molecule has 0 bridgehead atoms. The Kier molecular flexibility index (Phi) is 5.75. The van der Waals surface area contributed by atoms with Crippen LogP contribution in [0.4, 0.5) is 13.2 Å². The third-order valence-corrected chi connectivity index (χ3v) is 5.87. The number of hydrogen-bond acceptors (Lipinski definition) is 4. The van der Waals surface area contributed by atoms with Crippen molar-refractivity contribution in [2.75, 3.05) is 6.61 Å². The molecule has 34 heavy (non-hydrogen) atoms. The molecule has 1 N–H and O–H groups in total. The molecule has 0 unspecified atom stereocenters. The maximum Gasteiger partial charge on any atom is 0.278 e. The molecule has 0 saturated carbocycles. The molecule has 2 aromatic carbocycles.